The van der Waals surface area contributed by atoms with E-state index < -0.39 is 0 Å². The number of nitrogen functional groups attached to an aromatic ring is 1. The first-order valence-electron chi connectivity index (χ1n) is 6.94. The maximum Gasteiger partial charge on any atom is 0.202 e. The zero-order valence-corrected chi connectivity index (χ0v) is 11.5. The van der Waals surface area contributed by atoms with Crippen LogP contribution in [0.2, 0.25) is 0 Å². The highest BCUT2D eigenvalue weighted by molar-refractivity contribution is 5.77. The average molecular weight is 263 g/mol. The first-order chi connectivity index (χ1) is 9.09. The van der Waals surface area contributed by atoms with Gasteiger partial charge in [-0.2, -0.15) is 5.10 Å². The van der Waals surface area contributed by atoms with Crippen LogP contribution in [0.5, 0.6) is 0 Å². The molecule has 2 aromatic heterocycles. The quantitative estimate of drug-likeness (QED) is 0.764. The molecule has 0 amide bonds. The van der Waals surface area contributed by atoms with Gasteiger partial charge in [0, 0.05) is 7.05 Å². The van der Waals surface area contributed by atoms with Crippen molar-refractivity contribution in [3.05, 3.63) is 5.69 Å². The van der Waals surface area contributed by atoms with Gasteiger partial charge in [0.15, 0.2) is 5.65 Å². The standard InChI is InChI=1S/C13H21N5O/c1-8-11-12(17(2)16-8)18(13(14)15-11)9-6-4-3-5-7-10(9)19/h9-10,19H,3-7H2,1-2H3,(H2,14,15). The lowest BCUT2D eigenvalue weighted by atomic mass is 10.1. The molecule has 0 aromatic carbocycles. The largest absolute Gasteiger partial charge is 0.391 e. The molecule has 3 N–H and O–H groups in total. The van der Waals surface area contributed by atoms with E-state index in [1.807, 2.05) is 23.2 Å². The molecule has 19 heavy (non-hydrogen) atoms. The fourth-order valence-electron chi connectivity index (χ4n) is 3.21. The highest BCUT2D eigenvalue weighted by Crippen LogP contribution is 2.33. The van der Waals surface area contributed by atoms with E-state index in [-0.39, 0.29) is 12.1 Å². The summed E-state index contributed by atoms with van der Waals surface area (Å²) in [5.41, 5.74) is 8.72. The normalized spacial score (nSPS) is 24.8. The average Bonchev–Trinajstić information content (AvgIpc) is 2.73. The van der Waals surface area contributed by atoms with E-state index in [1.165, 1.54) is 6.42 Å². The van der Waals surface area contributed by atoms with E-state index in [2.05, 4.69) is 10.1 Å². The molecule has 1 aliphatic rings. The minimum Gasteiger partial charge on any atom is -0.391 e. The Morgan fingerprint density at radius 1 is 1.26 bits per heavy atom. The van der Waals surface area contributed by atoms with Crippen molar-refractivity contribution in [2.45, 2.75) is 51.2 Å². The number of nitrogens with zero attached hydrogens (tertiary/aromatic N) is 4. The first kappa shape index (κ1) is 12.5. The van der Waals surface area contributed by atoms with Gasteiger partial charge in [-0.3, -0.25) is 9.25 Å². The van der Waals surface area contributed by atoms with Crippen molar-refractivity contribution < 1.29 is 5.11 Å². The summed E-state index contributed by atoms with van der Waals surface area (Å²) in [7, 11) is 1.90. The third-order valence-electron chi connectivity index (χ3n) is 4.14. The summed E-state index contributed by atoms with van der Waals surface area (Å²) in [5, 5.41) is 14.8. The van der Waals surface area contributed by atoms with E-state index in [4.69, 9.17) is 5.73 Å². The number of aliphatic hydroxyl groups is 1. The molecule has 2 unspecified atom stereocenters. The van der Waals surface area contributed by atoms with E-state index >= 15 is 0 Å². The molecule has 6 heteroatoms. The third-order valence-corrected chi connectivity index (χ3v) is 4.14. The predicted octanol–water partition coefficient (Wildman–Crippen LogP) is 1.53. The summed E-state index contributed by atoms with van der Waals surface area (Å²) >= 11 is 0. The van der Waals surface area contributed by atoms with Crippen molar-refractivity contribution in [1.29, 1.82) is 0 Å². The van der Waals surface area contributed by atoms with Gasteiger partial charge < -0.3 is 10.8 Å². The lowest BCUT2D eigenvalue weighted by Crippen LogP contribution is -2.25. The number of aliphatic hydroxyl groups excluding tert-OH is 1. The van der Waals surface area contributed by atoms with Gasteiger partial charge in [0.25, 0.3) is 0 Å². The number of nitrogens with two attached hydrogens (primary N) is 1. The summed E-state index contributed by atoms with van der Waals surface area (Å²) in [6.45, 7) is 1.93. The van der Waals surface area contributed by atoms with E-state index in [9.17, 15) is 5.11 Å². The number of rotatable bonds is 1. The minimum absolute atomic E-state index is 0.0160. The molecule has 2 aromatic rings. The zero-order valence-electron chi connectivity index (χ0n) is 11.5. The summed E-state index contributed by atoms with van der Waals surface area (Å²) in [6, 6.07) is 0.0160. The Morgan fingerprint density at radius 2 is 2.00 bits per heavy atom. The fourth-order valence-corrected chi connectivity index (χ4v) is 3.21. The zero-order chi connectivity index (χ0) is 13.6. The number of hydrogen-bond donors (Lipinski definition) is 2. The maximum absolute atomic E-state index is 10.4. The van der Waals surface area contributed by atoms with Crippen LogP contribution >= 0.6 is 0 Å². The van der Waals surface area contributed by atoms with Crippen LogP contribution in [-0.2, 0) is 7.05 Å². The maximum atomic E-state index is 10.4. The molecule has 2 heterocycles. The van der Waals surface area contributed by atoms with Crippen molar-refractivity contribution in [3.8, 4) is 0 Å². The predicted molar refractivity (Wildman–Crippen MR) is 73.8 cm³/mol. The lowest BCUT2D eigenvalue weighted by molar-refractivity contribution is 0.108. The Morgan fingerprint density at radius 3 is 2.79 bits per heavy atom. The van der Waals surface area contributed by atoms with Gasteiger partial charge in [-0.05, 0) is 19.8 Å². The van der Waals surface area contributed by atoms with Gasteiger partial charge >= 0.3 is 0 Å². The molecule has 104 valence electrons. The summed E-state index contributed by atoms with van der Waals surface area (Å²) in [5.74, 6) is 0.483. The van der Waals surface area contributed by atoms with Gasteiger partial charge in [0.05, 0.1) is 17.8 Å². The van der Waals surface area contributed by atoms with Crippen molar-refractivity contribution in [2.24, 2.45) is 7.05 Å². The van der Waals surface area contributed by atoms with Crippen LogP contribution in [0.3, 0.4) is 0 Å². The monoisotopic (exact) mass is 263 g/mol. The summed E-state index contributed by atoms with van der Waals surface area (Å²) in [4.78, 5) is 4.42. The Bertz CT molecular complexity index is 600. The summed E-state index contributed by atoms with van der Waals surface area (Å²) < 4.78 is 3.79. The second-order valence-electron chi connectivity index (χ2n) is 5.49. The van der Waals surface area contributed by atoms with Gasteiger partial charge in [-0.25, -0.2) is 4.98 Å². The Labute approximate surface area is 112 Å². The second-order valence-corrected chi connectivity index (χ2v) is 5.49. The Kier molecular flexibility index (Phi) is 2.97. The molecular weight excluding hydrogens is 242 g/mol. The molecule has 1 aliphatic carbocycles. The highest BCUT2D eigenvalue weighted by Gasteiger charge is 2.28. The van der Waals surface area contributed by atoms with E-state index in [0.717, 1.165) is 42.5 Å². The van der Waals surface area contributed by atoms with Crippen molar-refractivity contribution in [3.63, 3.8) is 0 Å². The number of imidazole rings is 1. The molecule has 1 fully saturated rings. The van der Waals surface area contributed by atoms with Crippen LogP contribution in [0, 0.1) is 6.92 Å². The first-order valence-corrected chi connectivity index (χ1v) is 6.94. The van der Waals surface area contributed by atoms with E-state index in [0.29, 0.717) is 5.95 Å². The Hall–Kier alpha value is -1.56. The molecule has 2 atom stereocenters. The van der Waals surface area contributed by atoms with Crippen molar-refractivity contribution >= 4 is 17.1 Å². The molecule has 0 spiro atoms. The topological polar surface area (TPSA) is 81.9 Å². The molecule has 0 bridgehead atoms. The number of aryl methyl sites for hydroxylation is 2. The van der Waals surface area contributed by atoms with Crippen LogP contribution in [0.25, 0.3) is 11.2 Å². The van der Waals surface area contributed by atoms with Crippen LogP contribution in [0.15, 0.2) is 0 Å². The lowest BCUT2D eigenvalue weighted by Gasteiger charge is -2.23. The Balaban J connectivity index is 2.15. The molecular formula is C13H21N5O. The van der Waals surface area contributed by atoms with Crippen LogP contribution in [0.1, 0.15) is 43.8 Å². The van der Waals surface area contributed by atoms with Crippen molar-refractivity contribution in [1.82, 2.24) is 19.3 Å². The van der Waals surface area contributed by atoms with Gasteiger partial charge in [0.2, 0.25) is 5.95 Å². The van der Waals surface area contributed by atoms with Crippen molar-refractivity contribution in [2.75, 3.05) is 5.73 Å². The summed E-state index contributed by atoms with van der Waals surface area (Å²) in [6.07, 6.45) is 4.81. The van der Waals surface area contributed by atoms with Crippen LogP contribution in [0.4, 0.5) is 5.95 Å². The molecule has 3 rings (SSSR count). The van der Waals surface area contributed by atoms with Crippen LogP contribution in [-0.4, -0.2) is 30.5 Å². The minimum atomic E-state index is -0.350. The van der Waals surface area contributed by atoms with Gasteiger partial charge in [0.1, 0.15) is 5.52 Å². The highest BCUT2D eigenvalue weighted by atomic mass is 16.3. The van der Waals surface area contributed by atoms with Crippen LogP contribution < -0.4 is 5.73 Å². The SMILES string of the molecule is Cc1nn(C)c2c1nc(N)n2C1CCCCCC1O. The fraction of sp³-hybridized carbons (Fsp3) is 0.692. The van der Waals surface area contributed by atoms with E-state index in [1.54, 1.807) is 0 Å². The second kappa shape index (κ2) is 4.52. The number of aromatic nitrogens is 4. The molecule has 1 saturated carbocycles. The molecule has 6 nitrogen and oxygen atoms in total. The molecule has 0 aliphatic heterocycles. The smallest absolute Gasteiger partial charge is 0.202 e. The third kappa shape index (κ3) is 1.90. The number of anilines is 1. The molecule has 0 radical (unpaired) electrons. The number of fused-ring (bicyclic) bond motifs is 1. The van der Waals surface area contributed by atoms with Gasteiger partial charge in [-0.15, -0.1) is 0 Å². The number of hydrogen-bond acceptors (Lipinski definition) is 4. The van der Waals surface area contributed by atoms with Gasteiger partial charge in [-0.1, -0.05) is 19.3 Å². The molecule has 0 saturated heterocycles.